The zero-order valence-corrected chi connectivity index (χ0v) is 13.2. The normalized spacial score (nSPS) is 14.4. The summed E-state index contributed by atoms with van der Waals surface area (Å²) < 4.78 is 0. The van der Waals surface area contributed by atoms with Gasteiger partial charge in [0, 0.05) is 29.2 Å². The maximum Gasteiger partial charge on any atom is 0.161 e. The molecule has 1 aromatic heterocycles. The molecule has 0 unspecified atom stereocenters. The van der Waals surface area contributed by atoms with E-state index in [0.717, 1.165) is 25.2 Å². The number of hydrogen-bond acceptors (Lipinski definition) is 4. The summed E-state index contributed by atoms with van der Waals surface area (Å²) in [7, 11) is 0. The SMILES string of the molecule is CC(=O)c1ccc(C#N)cc1N1CC=C(c2cccs2)CC1. The monoisotopic (exact) mass is 308 g/mol. The number of nitriles is 1. The van der Waals surface area contributed by atoms with Gasteiger partial charge < -0.3 is 4.90 Å². The van der Waals surface area contributed by atoms with Gasteiger partial charge in [-0.1, -0.05) is 12.1 Å². The Morgan fingerprint density at radius 1 is 1.36 bits per heavy atom. The van der Waals surface area contributed by atoms with Crippen molar-refractivity contribution >= 4 is 28.4 Å². The molecule has 3 nitrogen and oxygen atoms in total. The Labute approximate surface area is 134 Å². The minimum Gasteiger partial charge on any atom is -0.367 e. The maximum atomic E-state index is 11.8. The first-order valence-electron chi connectivity index (χ1n) is 7.22. The van der Waals surface area contributed by atoms with Crippen LogP contribution in [0.2, 0.25) is 0 Å². The van der Waals surface area contributed by atoms with Gasteiger partial charge in [-0.15, -0.1) is 11.3 Å². The highest BCUT2D eigenvalue weighted by atomic mass is 32.1. The van der Waals surface area contributed by atoms with Crippen LogP contribution in [0.25, 0.3) is 5.57 Å². The van der Waals surface area contributed by atoms with E-state index in [9.17, 15) is 4.79 Å². The summed E-state index contributed by atoms with van der Waals surface area (Å²) in [6.07, 6.45) is 3.17. The summed E-state index contributed by atoms with van der Waals surface area (Å²) in [6.45, 7) is 3.20. The van der Waals surface area contributed by atoms with Gasteiger partial charge in [-0.2, -0.15) is 5.26 Å². The second-order valence-corrected chi connectivity index (χ2v) is 6.25. The van der Waals surface area contributed by atoms with E-state index < -0.39 is 0 Å². The van der Waals surface area contributed by atoms with Gasteiger partial charge >= 0.3 is 0 Å². The smallest absolute Gasteiger partial charge is 0.161 e. The molecule has 1 aliphatic heterocycles. The quantitative estimate of drug-likeness (QED) is 0.801. The molecule has 0 aliphatic carbocycles. The number of ketones is 1. The summed E-state index contributed by atoms with van der Waals surface area (Å²) in [5, 5.41) is 11.2. The topological polar surface area (TPSA) is 44.1 Å². The number of Topliss-reactive ketones (excluding diaryl/α,β-unsaturated/α-hetero) is 1. The van der Waals surface area contributed by atoms with Gasteiger partial charge in [-0.25, -0.2) is 0 Å². The van der Waals surface area contributed by atoms with Gasteiger partial charge in [0.25, 0.3) is 0 Å². The van der Waals surface area contributed by atoms with E-state index in [0.29, 0.717) is 11.1 Å². The van der Waals surface area contributed by atoms with E-state index in [1.165, 1.54) is 10.5 Å². The Morgan fingerprint density at radius 2 is 2.23 bits per heavy atom. The van der Waals surface area contributed by atoms with Crippen LogP contribution in [-0.2, 0) is 0 Å². The molecule has 1 aromatic carbocycles. The van der Waals surface area contributed by atoms with Crippen molar-refractivity contribution in [1.82, 2.24) is 0 Å². The molecule has 0 amide bonds. The average molecular weight is 308 g/mol. The van der Waals surface area contributed by atoms with Crippen LogP contribution >= 0.6 is 11.3 Å². The highest BCUT2D eigenvalue weighted by molar-refractivity contribution is 7.11. The van der Waals surface area contributed by atoms with E-state index in [1.807, 2.05) is 6.07 Å². The van der Waals surface area contributed by atoms with Crippen LogP contribution in [0.5, 0.6) is 0 Å². The van der Waals surface area contributed by atoms with Crippen LogP contribution in [0.15, 0.2) is 41.8 Å². The molecule has 2 heterocycles. The first-order valence-corrected chi connectivity index (χ1v) is 8.10. The molecule has 110 valence electrons. The molecule has 22 heavy (non-hydrogen) atoms. The average Bonchev–Trinajstić information content (AvgIpc) is 3.09. The van der Waals surface area contributed by atoms with Gasteiger partial charge in [-0.05, 0) is 48.6 Å². The third-order valence-corrected chi connectivity index (χ3v) is 4.84. The summed E-state index contributed by atoms with van der Waals surface area (Å²) in [6, 6.07) is 11.6. The molecule has 0 bridgehead atoms. The highest BCUT2D eigenvalue weighted by Gasteiger charge is 2.18. The number of carbonyl (C=O) groups excluding carboxylic acids is 1. The van der Waals surface area contributed by atoms with E-state index in [2.05, 4.69) is 34.6 Å². The summed E-state index contributed by atoms with van der Waals surface area (Å²) >= 11 is 1.76. The molecule has 0 saturated carbocycles. The van der Waals surface area contributed by atoms with Gasteiger partial charge in [0.05, 0.1) is 11.6 Å². The Kier molecular flexibility index (Phi) is 4.08. The molecule has 3 rings (SSSR count). The number of nitrogens with zero attached hydrogens (tertiary/aromatic N) is 2. The van der Waals surface area contributed by atoms with Crippen molar-refractivity contribution in [3.63, 3.8) is 0 Å². The van der Waals surface area contributed by atoms with Crippen molar-refractivity contribution in [1.29, 1.82) is 5.26 Å². The van der Waals surface area contributed by atoms with Crippen molar-refractivity contribution in [2.24, 2.45) is 0 Å². The molecule has 2 aromatic rings. The van der Waals surface area contributed by atoms with Crippen molar-refractivity contribution < 1.29 is 4.79 Å². The standard InChI is InChI=1S/C18H16N2OS/c1-13(21)16-5-4-14(12-19)11-17(16)20-8-6-15(7-9-20)18-3-2-10-22-18/h2-6,10-11H,7-9H2,1H3. The van der Waals surface area contributed by atoms with Crippen LogP contribution in [0.3, 0.4) is 0 Å². The predicted molar refractivity (Wildman–Crippen MR) is 90.3 cm³/mol. The first-order chi connectivity index (χ1) is 10.7. The van der Waals surface area contributed by atoms with Crippen LogP contribution in [-0.4, -0.2) is 18.9 Å². The van der Waals surface area contributed by atoms with E-state index in [4.69, 9.17) is 5.26 Å². The minimum absolute atomic E-state index is 0.0347. The summed E-state index contributed by atoms with van der Waals surface area (Å²) in [5.74, 6) is 0.0347. The molecular formula is C18H16N2OS. The van der Waals surface area contributed by atoms with Gasteiger partial charge in [0.15, 0.2) is 5.78 Å². The van der Waals surface area contributed by atoms with Crippen molar-refractivity contribution in [3.05, 3.63) is 57.8 Å². The Morgan fingerprint density at radius 3 is 2.82 bits per heavy atom. The second-order valence-electron chi connectivity index (χ2n) is 5.30. The number of carbonyl (C=O) groups is 1. The number of benzene rings is 1. The fourth-order valence-corrected chi connectivity index (χ4v) is 3.53. The zero-order valence-electron chi connectivity index (χ0n) is 12.4. The molecular weight excluding hydrogens is 292 g/mol. The predicted octanol–water partition coefficient (Wildman–Crippen LogP) is 4.12. The van der Waals surface area contributed by atoms with Crippen molar-refractivity contribution in [2.45, 2.75) is 13.3 Å². The lowest BCUT2D eigenvalue weighted by atomic mass is 10.0. The number of thiophene rings is 1. The lowest BCUT2D eigenvalue weighted by Gasteiger charge is -2.29. The Balaban J connectivity index is 1.90. The van der Waals surface area contributed by atoms with E-state index in [-0.39, 0.29) is 5.78 Å². The molecule has 1 aliphatic rings. The summed E-state index contributed by atoms with van der Waals surface area (Å²) in [5.41, 5.74) is 3.51. The van der Waals surface area contributed by atoms with Gasteiger partial charge in [0.2, 0.25) is 0 Å². The van der Waals surface area contributed by atoms with E-state index in [1.54, 1.807) is 30.4 Å². The largest absolute Gasteiger partial charge is 0.367 e. The fraction of sp³-hybridized carbons (Fsp3) is 0.222. The number of hydrogen-bond donors (Lipinski definition) is 0. The minimum atomic E-state index is 0.0347. The van der Waals surface area contributed by atoms with Crippen LogP contribution < -0.4 is 4.90 Å². The second kappa shape index (κ2) is 6.17. The van der Waals surface area contributed by atoms with Gasteiger partial charge in [0.1, 0.15) is 0 Å². The van der Waals surface area contributed by atoms with Crippen molar-refractivity contribution in [2.75, 3.05) is 18.0 Å². The molecule has 0 radical (unpaired) electrons. The molecule has 0 spiro atoms. The molecule has 0 N–H and O–H groups in total. The van der Waals surface area contributed by atoms with Crippen LogP contribution in [0.4, 0.5) is 5.69 Å². The van der Waals surface area contributed by atoms with Crippen molar-refractivity contribution in [3.8, 4) is 6.07 Å². The number of anilines is 1. The zero-order chi connectivity index (χ0) is 15.5. The third-order valence-electron chi connectivity index (χ3n) is 3.89. The fourth-order valence-electron chi connectivity index (χ4n) is 2.73. The molecule has 0 saturated heterocycles. The van der Waals surface area contributed by atoms with Crippen LogP contribution in [0, 0.1) is 11.3 Å². The molecule has 0 atom stereocenters. The summed E-state index contributed by atoms with van der Waals surface area (Å²) in [4.78, 5) is 15.3. The number of rotatable bonds is 3. The van der Waals surface area contributed by atoms with Gasteiger partial charge in [-0.3, -0.25) is 4.79 Å². The Bertz CT molecular complexity index is 769. The molecule has 4 heteroatoms. The third kappa shape index (κ3) is 2.81. The lowest BCUT2D eigenvalue weighted by molar-refractivity contribution is 0.101. The van der Waals surface area contributed by atoms with E-state index >= 15 is 0 Å². The van der Waals surface area contributed by atoms with Crippen LogP contribution in [0.1, 0.15) is 34.1 Å². The Hall–Kier alpha value is -2.38. The molecule has 0 fully saturated rings. The first kappa shape index (κ1) is 14.6. The highest BCUT2D eigenvalue weighted by Crippen LogP contribution is 2.30. The maximum absolute atomic E-state index is 11.8. The lowest BCUT2D eigenvalue weighted by Crippen LogP contribution is -2.29.